The molecule has 2 aliphatic rings. The van der Waals surface area contributed by atoms with E-state index in [9.17, 15) is 0 Å². The molecule has 0 amide bonds. The lowest BCUT2D eigenvalue weighted by molar-refractivity contribution is 0.0168. The van der Waals surface area contributed by atoms with E-state index in [1.54, 1.807) is 6.21 Å². The minimum Gasteiger partial charge on any atom is -0.390 e. The molecule has 1 heterocycles. The predicted octanol–water partition coefficient (Wildman–Crippen LogP) is 1.22. The minimum atomic E-state index is -0.0563. The van der Waals surface area contributed by atoms with E-state index in [4.69, 9.17) is 28.0 Å². The molecule has 0 radical (unpaired) electrons. The van der Waals surface area contributed by atoms with Crippen molar-refractivity contribution in [3.05, 3.63) is 0 Å². The summed E-state index contributed by atoms with van der Waals surface area (Å²) < 4.78 is 0. The molecular formula is C5H5Cl2NO. The highest BCUT2D eigenvalue weighted by atomic mass is 35.5. The number of rotatable bonds is 0. The van der Waals surface area contributed by atoms with Crippen LogP contribution in [0.1, 0.15) is 0 Å². The molecule has 1 aliphatic carbocycles. The molecule has 50 valence electrons. The Bertz CT molecular complexity index is 161. The van der Waals surface area contributed by atoms with Gasteiger partial charge in [-0.25, -0.2) is 0 Å². The first-order valence-electron chi connectivity index (χ1n) is 2.78. The highest BCUT2D eigenvalue weighted by molar-refractivity contribution is 6.33. The summed E-state index contributed by atoms with van der Waals surface area (Å²) in [6.45, 7) is 0. The van der Waals surface area contributed by atoms with E-state index in [0.29, 0.717) is 0 Å². The lowest BCUT2D eigenvalue weighted by Crippen LogP contribution is -2.52. The summed E-state index contributed by atoms with van der Waals surface area (Å²) in [6, 6.07) is 0. The van der Waals surface area contributed by atoms with Crippen LogP contribution in [0.4, 0.5) is 0 Å². The maximum Gasteiger partial charge on any atom is 0.154 e. The van der Waals surface area contributed by atoms with Crippen LogP contribution in [0.3, 0.4) is 0 Å². The molecule has 0 aromatic rings. The Labute approximate surface area is 62.8 Å². The van der Waals surface area contributed by atoms with Crippen molar-refractivity contribution in [2.24, 2.45) is 11.1 Å². The number of fused-ring (bicyclic) bond motifs is 1. The Morgan fingerprint density at radius 3 is 2.78 bits per heavy atom. The van der Waals surface area contributed by atoms with Gasteiger partial charge in [0.2, 0.25) is 0 Å². The largest absolute Gasteiger partial charge is 0.390 e. The van der Waals surface area contributed by atoms with Crippen LogP contribution in [0, 0.1) is 5.92 Å². The molecule has 0 spiro atoms. The molecule has 0 unspecified atom stereocenters. The predicted molar refractivity (Wildman–Crippen MR) is 36.1 cm³/mol. The highest BCUT2D eigenvalue weighted by Crippen LogP contribution is 2.41. The Kier molecular flexibility index (Phi) is 1.14. The molecule has 0 saturated heterocycles. The summed E-state index contributed by atoms with van der Waals surface area (Å²) in [4.78, 5) is 4.89. The van der Waals surface area contributed by atoms with Crippen molar-refractivity contribution < 1.29 is 4.84 Å². The maximum absolute atomic E-state index is 5.80. The van der Waals surface area contributed by atoms with E-state index < -0.39 is 0 Å². The van der Waals surface area contributed by atoms with E-state index >= 15 is 0 Å². The zero-order valence-corrected chi connectivity index (χ0v) is 6.01. The van der Waals surface area contributed by atoms with E-state index in [0.717, 1.165) is 0 Å². The fourth-order valence-electron chi connectivity index (χ4n) is 1.11. The second-order valence-electron chi connectivity index (χ2n) is 2.29. The molecule has 4 heteroatoms. The molecule has 1 saturated carbocycles. The van der Waals surface area contributed by atoms with Gasteiger partial charge in [0.25, 0.3) is 0 Å². The first kappa shape index (κ1) is 5.81. The third kappa shape index (κ3) is 0.606. The molecule has 0 aromatic carbocycles. The topological polar surface area (TPSA) is 21.6 Å². The Balaban J connectivity index is 2.12. The van der Waals surface area contributed by atoms with Crippen molar-refractivity contribution >= 4 is 29.4 Å². The number of nitrogens with zero attached hydrogens (tertiary/aromatic N) is 1. The molecule has 2 rings (SSSR count). The number of hydrogen-bond donors (Lipinski definition) is 0. The summed E-state index contributed by atoms with van der Waals surface area (Å²) in [5.41, 5.74) is 0. The van der Waals surface area contributed by atoms with Gasteiger partial charge in [0.15, 0.2) is 6.10 Å². The number of halogens is 2. The quantitative estimate of drug-likeness (QED) is 0.495. The van der Waals surface area contributed by atoms with E-state index in [2.05, 4.69) is 5.16 Å². The van der Waals surface area contributed by atoms with Crippen LogP contribution < -0.4 is 0 Å². The van der Waals surface area contributed by atoms with Gasteiger partial charge < -0.3 is 4.84 Å². The average Bonchev–Trinajstić information content (AvgIpc) is 2.30. The highest BCUT2D eigenvalue weighted by Gasteiger charge is 2.52. The fraction of sp³-hybridized carbons (Fsp3) is 0.800. The van der Waals surface area contributed by atoms with Crippen molar-refractivity contribution in [1.82, 2.24) is 0 Å². The third-order valence-electron chi connectivity index (χ3n) is 1.78. The van der Waals surface area contributed by atoms with Gasteiger partial charge in [-0.05, 0) is 0 Å². The molecule has 4 atom stereocenters. The molecule has 1 fully saturated rings. The van der Waals surface area contributed by atoms with Crippen molar-refractivity contribution in [1.29, 1.82) is 0 Å². The monoisotopic (exact) mass is 165 g/mol. The molecular weight excluding hydrogens is 161 g/mol. The summed E-state index contributed by atoms with van der Waals surface area (Å²) in [6.07, 6.45) is 1.77. The SMILES string of the molecule is Cl[C@H]1[C@H](Cl)[C@@H]2ON=C[C@H]12. The molecule has 9 heavy (non-hydrogen) atoms. The van der Waals surface area contributed by atoms with Gasteiger partial charge in [0.05, 0.1) is 22.9 Å². The van der Waals surface area contributed by atoms with Crippen molar-refractivity contribution in [2.45, 2.75) is 16.9 Å². The zero-order valence-electron chi connectivity index (χ0n) is 4.50. The summed E-state index contributed by atoms with van der Waals surface area (Å²) in [5.74, 6) is 0.258. The summed E-state index contributed by atoms with van der Waals surface area (Å²) in [5, 5.41) is 3.58. The van der Waals surface area contributed by atoms with Crippen LogP contribution in [0.25, 0.3) is 0 Å². The summed E-state index contributed by atoms with van der Waals surface area (Å²) >= 11 is 11.6. The third-order valence-corrected chi connectivity index (χ3v) is 2.99. The first-order chi connectivity index (χ1) is 4.30. The average molecular weight is 166 g/mol. The Morgan fingerprint density at radius 2 is 2.11 bits per heavy atom. The molecule has 0 bridgehead atoms. The van der Waals surface area contributed by atoms with Crippen LogP contribution in [-0.2, 0) is 4.84 Å². The van der Waals surface area contributed by atoms with Crippen molar-refractivity contribution in [3.63, 3.8) is 0 Å². The van der Waals surface area contributed by atoms with Crippen LogP contribution in [0.5, 0.6) is 0 Å². The van der Waals surface area contributed by atoms with Crippen molar-refractivity contribution in [3.8, 4) is 0 Å². The molecule has 1 aliphatic heterocycles. The van der Waals surface area contributed by atoms with Crippen molar-refractivity contribution in [2.75, 3.05) is 0 Å². The molecule has 2 nitrogen and oxygen atoms in total. The van der Waals surface area contributed by atoms with Gasteiger partial charge in [-0.15, -0.1) is 23.2 Å². The number of oxime groups is 1. The van der Waals surface area contributed by atoms with Gasteiger partial charge in [-0.2, -0.15) is 0 Å². The van der Waals surface area contributed by atoms with Gasteiger partial charge in [0, 0.05) is 0 Å². The number of alkyl halides is 2. The van der Waals surface area contributed by atoms with Crippen LogP contribution >= 0.6 is 23.2 Å². The van der Waals surface area contributed by atoms with E-state index in [1.165, 1.54) is 0 Å². The standard InChI is InChI=1S/C5H5Cl2NO/c6-3-2-1-8-9-5(2)4(3)7/h1-5H/t2-,3-,4+,5-/m1/s1. The maximum atomic E-state index is 5.80. The Morgan fingerprint density at radius 1 is 1.33 bits per heavy atom. The second kappa shape index (κ2) is 1.77. The second-order valence-corrected chi connectivity index (χ2v) is 3.30. The fourth-order valence-corrected chi connectivity index (χ4v) is 1.85. The van der Waals surface area contributed by atoms with E-state index in [1.807, 2.05) is 0 Å². The first-order valence-corrected chi connectivity index (χ1v) is 3.65. The van der Waals surface area contributed by atoms with Gasteiger partial charge in [-0.1, -0.05) is 5.16 Å². The normalized spacial score (nSPS) is 54.0. The summed E-state index contributed by atoms with van der Waals surface area (Å²) in [7, 11) is 0. The molecule has 0 N–H and O–H groups in total. The number of hydrogen-bond acceptors (Lipinski definition) is 2. The minimum absolute atomic E-state index is 0.0166. The van der Waals surface area contributed by atoms with Gasteiger partial charge >= 0.3 is 0 Å². The van der Waals surface area contributed by atoms with Gasteiger partial charge in [0.1, 0.15) is 0 Å². The lowest BCUT2D eigenvalue weighted by Gasteiger charge is -2.37. The van der Waals surface area contributed by atoms with Crippen LogP contribution in [-0.4, -0.2) is 23.1 Å². The van der Waals surface area contributed by atoms with Crippen LogP contribution in [0.2, 0.25) is 0 Å². The Hall–Kier alpha value is 0.0500. The lowest BCUT2D eigenvalue weighted by atomic mass is 9.82. The zero-order chi connectivity index (χ0) is 6.43. The van der Waals surface area contributed by atoms with Crippen LogP contribution in [0.15, 0.2) is 5.16 Å². The smallest absolute Gasteiger partial charge is 0.154 e. The van der Waals surface area contributed by atoms with E-state index in [-0.39, 0.29) is 22.8 Å². The van der Waals surface area contributed by atoms with Gasteiger partial charge in [-0.3, -0.25) is 0 Å². The molecule has 0 aromatic heterocycles.